The highest BCUT2D eigenvalue weighted by Crippen LogP contribution is 2.30. The zero-order valence-corrected chi connectivity index (χ0v) is 19.0. The summed E-state index contributed by atoms with van der Waals surface area (Å²) < 4.78 is 0. The van der Waals surface area contributed by atoms with Crippen molar-refractivity contribution in [2.24, 2.45) is 0 Å². The summed E-state index contributed by atoms with van der Waals surface area (Å²) in [6, 6.07) is 4.34. The first kappa shape index (κ1) is 22.7. The maximum absolute atomic E-state index is 13.2. The maximum Gasteiger partial charge on any atom is 0.262 e. The van der Waals surface area contributed by atoms with E-state index in [2.05, 4.69) is 16.0 Å². The number of carbonyl (C=O) groups is 5. The Morgan fingerprint density at radius 1 is 1.03 bits per heavy atom. The first-order valence-corrected chi connectivity index (χ1v) is 12.0. The molecule has 0 radical (unpaired) electrons. The number of imide groups is 2. The molecule has 10 nitrogen and oxygen atoms in total. The SMILES string of the molecule is O=C1CCC(N2C(=O)c3cccc(CNC4CCN(C(=O)[C@@H]5CCCN5)CC4)c3C2=O)C(=O)N1. The second-order valence-corrected chi connectivity index (χ2v) is 9.42. The van der Waals surface area contributed by atoms with Crippen LogP contribution in [0.15, 0.2) is 18.2 Å². The van der Waals surface area contributed by atoms with Gasteiger partial charge in [-0.1, -0.05) is 12.1 Å². The fourth-order valence-electron chi connectivity index (χ4n) is 5.41. The van der Waals surface area contributed by atoms with Crippen LogP contribution in [-0.2, 0) is 20.9 Å². The zero-order valence-electron chi connectivity index (χ0n) is 19.0. The number of hydrogen-bond acceptors (Lipinski definition) is 7. The van der Waals surface area contributed by atoms with E-state index in [1.807, 2.05) is 11.0 Å². The largest absolute Gasteiger partial charge is 0.341 e. The van der Waals surface area contributed by atoms with Crippen LogP contribution >= 0.6 is 0 Å². The number of amides is 5. The molecule has 10 heteroatoms. The van der Waals surface area contributed by atoms with Gasteiger partial charge in [-0.05, 0) is 50.3 Å². The Hall–Kier alpha value is -3.11. The molecule has 4 heterocycles. The molecule has 0 aliphatic carbocycles. The molecule has 4 aliphatic rings. The van der Waals surface area contributed by atoms with Gasteiger partial charge in [-0.3, -0.25) is 34.2 Å². The van der Waals surface area contributed by atoms with Crippen LogP contribution in [0.4, 0.5) is 0 Å². The fraction of sp³-hybridized carbons (Fsp3) is 0.542. The molecular formula is C24H29N5O5. The van der Waals surface area contributed by atoms with Gasteiger partial charge in [0.15, 0.2) is 0 Å². The summed E-state index contributed by atoms with van der Waals surface area (Å²) in [5, 5.41) is 8.96. The standard InChI is InChI=1S/C24H29N5O5/c30-19-7-6-18(21(31)27-19)29-22(32)16-4-1-3-14(20(16)24(29)34)13-26-15-8-11-28(12-9-15)23(33)17-5-2-10-25-17/h1,3-4,15,17-18,25-26H,2,5-13H2,(H,27,30,31)/t17-,18?/m0/s1. The van der Waals surface area contributed by atoms with E-state index < -0.39 is 29.7 Å². The fourth-order valence-corrected chi connectivity index (χ4v) is 5.41. The molecule has 0 spiro atoms. The van der Waals surface area contributed by atoms with Crippen LogP contribution in [0.2, 0.25) is 0 Å². The summed E-state index contributed by atoms with van der Waals surface area (Å²) in [5.74, 6) is -1.80. The van der Waals surface area contributed by atoms with Gasteiger partial charge < -0.3 is 15.5 Å². The zero-order chi connectivity index (χ0) is 23.8. The van der Waals surface area contributed by atoms with Crippen molar-refractivity contribution in [2.75, 3.05) is 19.6 Å². The van der Waals surface area contributed by atoms with E-state index in [0.717, 1.165) is 37.1 Å². The summed E-state index contributed by atoms with van der Waals surface area (Å²) in [4.78, 5) is 65.5. The van der Waals surface area contributed by atoms with E-state index in [1.54, 1.807) is 12.1 Å². The Morgan fingerprint density at radius 2 is 1.82 bits per heavy atom. The van der Waals surface area contributed by atoms with Crippen molar-refractivity contribution >= 4 is 29.5 Å². The molecule has 1 aromatic rings. The minimum atomic E-state index is -0.970. The van der Waals surface area contributed by atoms with E-state index >= 15 is 0 Å². The molecule has 5 amide bonds. The molecule has 4 aliphatic heterocycles. The van der Waals surface area contributed by atoms with Crippen LogP contribution in [0.25, 0.3) is 0 Å². The van der Waals surface area contributed by atoms with Crippen molar-refractivity contribution in [3.63, 3.8) is 0 Å². The normalized spacial score (nSPS) is 25.6. The first-order chi connectivity index (χ1) is 16.4. The number of rotatable bonds is 5. The quantitative estimate of drug-likeness (QED) is 0.517. The Kier molecular flexibility index (Phi) is 6.18. The molecule has 0 bridgehead atoms. The summed E-state index contributed by atoms with van der Waals surface area (Å²) in [7, 11) is 0. The average Bonchev–Trinajstić information content (AvgIpc) is 3.46. The molecular weight excluding hydrogens is 438 g/mol. The molecule has 3 N–H and O–H groups in total. The number of likely N-dealkylation sites (tertiary alicyclic amines) is 1. The number of hydrogen-bond donors (Lipinski definition) is 3. The predicted molar refractivity (Wildman–Crippen MR) is 121 cm³/mol. The van der Waals surface area contributed by atoms with E-state index in [-0.39, 0.29) is 30.8 Å². The molecule has 3 saturated heterocycles. The van der Waals surface area contributed by atoms with Crippen molar-refractivity contribution in [2.45, 2.75) is 63.2 Å². The van der Waals surface area contributed by atoms with Crippen LogP contribution in [0.3, 0.4) is 0 Å². The van der Waals surface area contributed by atoms with Gasteiger partial charge in [0.05, 0.1) is 17.2 Å². The number of piperidine rings is 2. The van der Waals surface area contributed by atoms with Gasteiger partial charge in [0, 0.05) is 32.1 Å². The minimum Gasteiger partial charge on any atom is -0.341 e. The Bertz CT molecular complexity index is 1040. The number of fused-ring (bicyclic) bond motifs is 1. The maximum atomic E-state index is 13.2. The van der Waals surface area contributed by atoms with Crippen LogP contribution in [-0.4, -0.2) is 77.1 Å². The van der Waals surface area contributed by atoms with Crippen molar-refractivity contribution in [3.05, 3.63) is 34.9 Å². The van der Waals surface area contributed by atoms with Crippen molar-refractivity contribution in [1.29, 1.82) is 0 Å². The number of benzene rings is 1. The highest BCUT2D eigenvalue weighted by atomic mass is 16.2. The second kappa shape index (κ2) is 9.27. The minimum absolute atomic E-state index is 0.0488. The van der Waals surface area contributed by atoms with Gasteiger partial charge >= 0.3 is 0 Å². The van der Waals surface area contributed by atoms with E-state index in [9.17, 15) is 24.0 Å². The Morgan fingerprint density at radius 3 is 2.53 bits per heavy atom. The molecule has 1 aromatic carbocycles. The smallest absolute Gasteiger partial charge is 0.262 e. The van der Waals surface area contributed by atoms with Gasteiger partial charge in [-0.2, -0.15) is 0 Å². The monoisotopic (exact) mass is 467 g/mol. The van der Waals surface area contributed by atoms with Gasteiger partial charge in [-0.15, -0.1) is 0 Å². The first-order valence-electron chi connectivity index (χ1n) is 12.0. The molecule has 1 unspecified atom stereocenters. The Labute approximate surface area is 197 Å². The summed E-state index contributed by atoms with van der Waals surface area (Å²) in [6.07, 6.45) is 3.82. The number of nitrogens with zero attached hydrogens (tertiary/aromatic N) is 2. The lowest BCUT2D eigenvalue weighted by Crippen LogP contribution is -2.54. The van der Waals surface area contributed by atoms with Gasteiger partial charge in [0.1, 0.15) is 6.04 Å². The lowest BCUT2D eigenvalue weighted by molar-refractivity contribution is -0.136. The van der Waals surface area contributed by atoms with Crippen molar-refractivity contribution in [1.82, 2.24) is 25.8 Å². The second-order valence-electron chi connectivity index (χ2n) is 9.42. The van der Waals surface area contributed by atoms with Gasteiger partial charge in [0.2, 0.25) is 17.7 Å². The van der Waals surface area contributed by atoms with Crippen molar-refractivity contribution < 1.29 is 24.0 Å². The van der Waals surface area contributed by atoms with Crippen LogP contribution in [0.5, 0.6) is 0 Å². The van der Waals surface area contributed by atoms with E-state index in [1.165, 1.54) is 0 Å². The van der Waals surface area contributed by atoms with Gasteiger partial charge in [-0.25, -0.2) is 0 Å². The van der Waals surface area contributed by atoms with E-state index in [4.69, 9.17) is 0 Å². The van der Waals surface area contributed by atoms with Crippen molar-refractivity contribution in [3.8, 4) is 0 Å². The molecule has 0 aromatic heterocycles. The average molecular weight is 468 g/mol. The van der Waals surface area contributed by atoms with Crippen LogP contribution in [0.1, 0.15) is 64.8 Å². The molecule has 180 valence electrons. The third kappa shape index (κ3) is 4.12. The number of carbonyl (C=O) groups excluding carboxylic acids is 5. The van der Waals surface area contributed by atoms with Crippen LogP contribution in [0, 0.1) is 0 Å². The molecule has 3 fully saturated rings. The van der Waals surface area contributed by atoms with E-state index in [0.29, 0.717) is 36.3 Å². The van der Waals surface area contributed by atoms with Crippen LogP contribution < -0.4 is 16.0 Å². The van der Waals surface area contributed by atoms with Gasteiger partial charge in [0.25, 0.3) is 11.8 Å². The lowest BCUT2D eigenvalue weighted by Gasteiger charge is -2.34. The third-order valence-electron chi connectivity index (χ3n) is 7.30. The summed E-state index contributed by atoms with van der Waals surface area (Å²) >= 11 is 0. The topological polar surface area (TPSA) is 128 Å². The molecule has 0 saturated carbocycles. The summed E-state index contributed by atoms with van der Waals surface area (Å²) in [5.41, 5.74) is 1.32. The number of nitrogens with one attached hydrogen (secondary N) is 3. The predicted octanol–water partition coefficient (Wildman–Crippen LogP) is -0.0796. The lowest BCUT2D eigenvalue weighted by atomic mass is 10.0. The molecule has 2 atom stereocenters. The molecule has 34 heavy (non-hydrogen) atoms. The third-order valence-corrected chi connectivity index (χ3v) is 7.30. The molecule has 5 rings (SSSR count). The highest BCUT2D eigenvalue weighted by Gasteiger charge is 2.45. The Balaban J connectivity index is 1.22. The summed E-state index contributed by atoms with van der Waals surface area (Å²) in [6.45, 7) is 2.71. The highest BCUT2D eigenvalue weighted by molar-refractivity contribution is 6.24.